The maximum Gasteiger partial charge on any atom is 0.202 e. The Labute approximate surface area is 53.7 Å². The molecule has 0 aromatic carbocycles. The minimum atomic E-state index is 0.653. The first-order chi connectivity index (χ1) is 4.47. The van der Waals surface area contributed by atoms with Crippen LogP contribution in [0.5, 0.6) is 0 Å². The third-order valence-electron chi connectivity index (χ3n) is 1.86. The summed E-state index contributed by atoms with van der Waals surface area (Å²) in [4.78, 5) is 0. The monoisotopic (exact) mass is 122 g/mol. The molecular formula is C6H8N3. The molecule has 47 valence electrons. The second kappa shape index (κ2) is 1.83. The Balaban J connectivity index is 2.14. The van der Waals surface area contributed by atoms with E-state index < -0.39 is 0 Å². The van der Waals surface area contributed by atoms with Crippen LogP contribution in [-0.2, 0) is 0 Å². The van der Waals surface area contributed by atoms with Gasteiger partial charge in [-0.2, -0.15) is 0 Å². The Morgan fingerprint density at radius 2 is 2.44 bits per heavy atom. The summed E-state index contributed by atoms with van der Waals surface area (Å²) in [6, 6.07) is 0.653. The molecule has 9 heavy (non-hydrogen) atoms. The minimum absolute atomic E-state index is 0.653. The Morgan fingerprint density at radius 3 is 2.89 bits per heavy atom. The Kier molecular flexibility index (Phi) is 1.01. The third kappa shape index (κ3) is 0.724. The molecule has 0 N–H and O–H groups in total. The van der Waals surface area contributed by atoms with E-state index in [1.807, 2.05) is 4.57 Å². The SMILES string of the molecule is [c]1nncn1C1CCC1. The van der Waals surface area contributed by atoms with Gasteiger partial charge in [0.25, 0.3) is 0 Å². The van der Waals surface area contributed by atoms with Gasteiger partial charge in [-0.25, -0.2) is 0 Å². The van der Waals surface area contributed by atoms with Gasteiger partial charge in [0.05, 0.1) is 0 Å². The van der Waals surface area contributed by atoms with Crippen molar-refractivity contribution in [2.75, 3.05) is 0 Å². The molecule has 1 aromatic rings. The van der Waals surface area contributed by atoms with Gasteiger partial charge in [-0.15, -0.1) is 10.2 Å². The van der Waals surface area contributed by atoms with E-state index in [2.05, 4.69) is 16.5 Å². The van der Waals surface area contributed by atoms with Gasteiger partial charge < -0.3 is 4.57 Å². The average Bonchev–Trinajstić information content (AvgIpc) is 2.11. The highest BCUT2D eigenvalue weighted by molar-refractivity contribution is 4.77. The van der Waals surface area contributed by atoms with Gasteiger partial charge in [0.15, 0.2) is 0 Å². The summed E-state index contributed by atoms with van der Waals surface area (Å²) in [6.45, 7) is 0. The summed E-state index contributed by atoms with van der Waals surface area (Å²) in [7, 11) is 0. The minimum Gasteiger partial charge on any atom is -0.308 e. The molecule has 0 bridgehead atoms. The largest absolute Gasteiger partial charge is 0.308 e. The van der Waals surface area contributed by atoms with Gasteiger partial charge in [0.1, 0.15) is 6.33 Å². The molecule has 1 aromatic heterocycles. The third-order valence-corrected chi connectivity index (χ3v) is 1.86. The number of hydrogen-bond donors (Lipinski definition) is 0. The second-order valence-corrected chi connectivity index (χ2v) is 2.42. The summed E-state index contributed by atoms with van der Waals surface area (Å²) in [5, 5.41) is 7.30. The van der Waals surface area contributed by atoms with Crippen molar-refractivity contribution in [1.29, 1.82) is 0 Å². The summed E-state index contributed by atoms with van der Waals surface area (Å²) in [6.07, 6.45) is 8.42. The van der Waals surface area contributed by atoms with Crippen LogP contribution in [-0.4, -0.2) is 14.8 Å². The van der Waals surface area contributed by atoms with E-state index in [4.69, 9.17) is 0 Å². The highest BCUT2D eigenvalue weighted by atomic mass is 15.2. The average molecular weight is 122 g/mol. The van der Waals surface area contributed by atoms with E-state index in [0.717, 1.165) is 0 Å². The van der Waals surface area contributed by atoms with Crippen LogP contribution in [0.25, 0.3) is 0 Å². The van der Waals surface area contributed by atoms with Crippen molar-refractivity contribution >= 4 is 0 Å². The van der Waals surface area contributed by atoms with E-state index in [1.54, 1.807) is 6.33 Å². The zero-order valence-electron chi connectivity index (χ0n) is 5.12. The second-order valence-electron chi connectivity index (χ2n) is 2.42. The molecule has 3 heteroatoms. The molecule has 0 atom stereocenters. The molecule has 1 aliphatic rings. The predicted octanol–water partition coefficient (Wildman–Crippen LogP) is 0.803. The fourth-order valence-electron chi connectivity index (χ4n) is 1.03. The Morgan fingerprint density at radius 1 is 1.56 bits per heavy atom. The standard InChI is InChI=1S/C6H8N3/c1-2-6(3-1)9-4-7-8-5-9/h4,6H,1-3H2. The van der Waals surface area contributed by atoms with E-state index >= 15 is 0 Å². The number of hydrogen-bond acceptors (Lipinski definition) is 2. The van der Waals surface area contributed by atoms with Crippen LogP contribution in [0, 0.1) is 6.33 Å². The fourth-order valence-corrected chi connectivity index (χ4v) is 1.03. The molecule has 0 spiro atoms. The van der Waals surface area contributed by atoms with Crippen molar-refractivity contribution in [3.63, 3.8) is 0 Å². The quantitative estimate of drug-likeness (QED) is 0.551. The van der Waals surface area contributed by atoms with Crippen molar-refractivity contribution in [1.82, 2.24) is 14.8 Å². The van der Waals surface area contributed by atoms with Gasteiger partial charge in [0, 0.05) is 6.04 Å². The van der Waals surface area contributed by atoms with Crippen molar-refractivity contribution in [3.8, 4) is 0 Å². The van der Waals surface area contributed by atoms with Crippen LogP contribution in [0.2, 0.25) is 0 Å². The van der Waals surface area contributed by atoms with Crippen LogP contribution in [0.4, 0.5) is 0 Å². The normalized spacial score (nSPS) is 19.6. The number of rotatable bonds is 1. The fraction of sp³-hybridized carbons (Fsp3) is 0.667. The maximum atomic E-state index is 3.68. The van der Waals surface area contributed by atoms with Gasteiger partial charge in [-0.3, -0.25) is 0 Å². The molecule has 1 aliphatic carbocycles. The van der Waals surface area contributed by atoms with E-state index in [1.165, 1.54) is 19.3 Å². The molecule has 1 fully saturated rings. The lowest BCUT2D eigenvalue weighted by Gasteiger charge is -2.25. The van der Waals surface area contributed by atoms with Crippen LogP contribution in [0.3, 0.4) is 0 Å². The lowest BCUT2D eigenvalue weighted by Crippen LogP contribution is -2.15. The van der Waals surface area contributed by atoms with E-state index in [0.29, 0.717) is 6.04 Å². The van der Waals surface area contributed by atoms with Crippen molar-refractivity contribution in [2.24, 2.45) is 0 Å². The molecule has 0 saturated heterocycles. The molecule has 0 aliphatic heterocycles. The molecule has 1 heterocycles. The smallest absolute Gasteiger partial charge is 0.202 e. The van der Waals surface area contributed by atoms with E-state index in [-0.39, 0.29) is 0 Å². The van der Waals surface area contributed by atoms with Crippen molar-refractivity contribution < 1.29 is 0 Å². The maximum absolute atomic E-state index is 3.68. The molecular weight excluding hydrogens is 114 g/mol. The molecule has 2 rings (SSSR count). The zero-order chi connectivity index (χ0) is 6.10. The van der Waals surface area contributed by atoms with Crippen LogP contribution in [0.1, 0.15) is 25.3 Å². The Hall–Kier alpha value is -0.860. The first-order valence-corrected chi connectivity index (χ1v) is 3.24. The number of aromatic nitrogens is 3. The lowest BCUT2D eigenvalue weighted by molar-refractivity contribution is 0.311. The summed E-state index contributed by atoms with van der Waals surface area (Å²) in [5.74, 6) is 0. The van der Waals surface area contributed by atoms with Crippen LogP contribution in [0.15, 0.2) is 6.33 Å². The van der Waals surface area contributed by atoms with Crippen LogP contribution < -0.4 is 0 Å². The predicted molar refractivity (Wildman–Crippen MR) is 31.7 cm³/mol. The van der Waals surface area contributed by atoms with Crippen molar-refractivity contribution in [2.45, 2.75) is 25.3 Å². The first kappa shape index (κ1) is 4.97. The lowest BCUT2D eigenvalue weighted by atomic mass is 9.93. The molecule has 3 nitrogen and oxygen atoms in total. The zero-order valence-corrected chi connectivity index (χ0v) is 5.12. The molecule has 0 amide bonds. The topological polar surface area (TPSA) is 30.7 Å². The summed E-state index contributed by atoms with van der Waals surface area (Å²) < 4.78 is 1.96. The van der Waals surface area contributed by atoms with Gasteiger partial charge >= 0.3 is 0 Å². The highest BCUT2D eigenvalue weighted by Crippen LogP contribution is 2.30. The summed E-state index contributed by atoms with van der Waals surface area (Å²) >= 11 is 0. The first-order valence-electron chi connectivity index (χ1n) is 3.24. The summed E-state index contributed by atoms with van der Waals surface area (Å²) in [5.41, 5.74) is 0. The van der Waals surface area contributed by atoms with Crippen molar-refractivity contribution in [3.05, 3.63) is 12.7 Å². The number of nitrogens with zero attached hydrogens (tertiary/aromatic N) is 3. The molecule has 1 radical (unpaired) electrons. The molecule has 1 saturated carbocycles. The Bertz CT molecular complexity index is 176. The van der Waals surface area contributed by atoms with Gasteiger partial charge in [-0.05, 0) is 19.3 Å². The van der Waals surface area contributed by atoms with Gasteiger partial charge in [-0.1, -0.05) is 0 Å². The molecule has 0 unspecified atom stereocenters. The van der Waals surface area contributed by atoms with E-state index in [9.17, 15) is 0 Å². The van der Waals surface area contributed by atoms with Gasteiger partial charge in [0.2, 0.25) is 6.33 Å². The highest BCUT2D eigenvalue weighted by Gasteiger charge is 2.18. The van der Waals surface area contributed by atoms with Crippen LogP contribution >= 0.6 is 0 Å².